The van der Waals surface area contributed by atoms with Gasteiger partial charge in [-0.15, -0.1) is 0 Å². The molecule has 0 spiro atoms. The van der Waals surface area contributed by atoms with Gasteiger partial charge in [-0.3, -0.25) is 4.79 Å². The topological polar surface area (TPSA) is 78.8 Å². The summed E-state index contributed by atoms with van der Waals surface area (Å²) in [5, 5.41) is 8.64. The van der Waals surface area contributed by atoms with Crippen molar-refractivity contribution in [3.63, 3.8) is 0 Å². The Hall–Kier alpha value is -2.61. The first-order chi connectivity index (χ1) is 8.72. The molecular weight excluding hydrogens is 230 g/mol. The lowest BCUT2D eigenvalue weighted by molar-refractivity contribution is 0.414. The number of aromatic nitrogens is 2. The van der Waals surface area contributed by atoms with E-state index in [4.69, 9.17) is 10.00 Å². The summed E-state index contributed by atoms with van der Waals surface area (Å²) >= 11 is 0. The molecule has 5 nitrogen and oxygen atoms in total. The van der Waals surface area contributed by atoms with Crippen molar-refractivity contribution >= 4 is 0 Å². The third-order valence-corrected chi connectivity index (χ3v) is 2.48. The highest BCUT2D eigenvalue weighted by Crippen LogP contribution is 2.14. The molecule has 1 aromatic heterocycles. The molecule has 5 heteroatoms. The van der Waals surface area contributed by atoms with Crippen LogP contribution in [0.1, 0.15) is 17.0 Å². The zero-order valence-electron chi connectivity index (χ0n) is 9.80. The predicted octanol–water partition coefficient (Wildman–Crippen LogP) is 1.24. The minimum atomic E-state index is -0.412. The molecule has 1 N–H and O–H groups in total. The van der Waals surface area contributed by atoms with Crippen LogP contribution >= 0.6 is 0 Å². The van der Waals surface area contributed by atoms with E-state index in [1.807, 2.05) is 24.3 Å². The lowest BCUT2D eigenvalue weighted by Gasteiger charge is -2.04. The molecule has 0 unspecified atom stereocenters. The van der Waals surface area contributed by atoms with Gasteiger partial charge in [0, 0.05) is 6.42 Å². The lowest BCUT2D eigenvalue weighted by Crippen LogP contribution is -2.14. The predicted molar refractivity (Wildman–Crippen MR) is 65.4 cm³/mol. The van der Waals surface area contributed by atoms with Crippen LogP contribution in [0.4, 0.5) is 0 Å². The fourth-order valence-electron chi connectivity index (χ4n) is 1.58. The van der Waals surface area contributed by atoms with E-state index in [0.29, 0.717) is 12.2 Å². The Labute approximate surface area is 104 Å². The molecule has 1 heterocycles. The van der Waals surface area contributed by atoms with Crippen LogP contribution in [0.5, 0.6) is 5.75 Å². The SMILES string of the molecule is COc1cccc(Cc2ncc(C#N)c(=O)[nH]2)c1. The summed E-state index contributed by atoms with van der Waals surface area (Å²) in [4.78, 5) is 18.1. The van der Waals surface area contributed by atoms with E-state index in [1.54, 1.807) is 13.2 Å². The summed E-state index contributed by atoms with van der Waals surface area (Å²) in [6.07, 6.45) is 1.77. The number of nitrogens with one attached hydrogen (secondary N) is 1. The standard InChI is InChI=1S/C13H11N3O2/c1-18-11-4-2-3-9(5-11)6-12-15-8-10(7-14)13(17)16-12/h2-5,8H,6H2,1H3,(H,15,16,17). The van der Waals surface area contributed by atoms with E-state index in [9.17, 15) is 4.79 Å². The van der Waals surface area contributed by atoms with Crippen molar-refractivity contribution in [1.29, 1.82) is 5.26 Å². The Bertz CT molecular complexity index is 656. The van der Waals surface area contributed by atoms with E-state index in [1.165, 1.54) is 6.20 Å². The van der Waals surface area contributed by atoms with Gasteiger partial charge in [-0.2, -0.15) is 5.26 Å². The van der Waals surface area contributed by atoms with E-state index in [2.05, 4.69) is 9.97 Å². The normalized spacial score (nSPS) is 9.78. The number of methoxy groups -OCH3 is 1. The van der Waals surface area contributed by atoms with Crippen molar-refractivity contribution in [3.05, 3.63) is 57.8 Å². The summed E-state index contributed by atoms with van der Waals surface area (Å²) in [6.45, 7) is 0. The first kappa shape index (κ1) is 11.9. The van der Waals surface area contributed by atoms with Crippen LogP contribution in [0.2, 0.25) is 0 Å². The van der Waals surface area contributed by atoms with Crippen LogP contribution in [0.3, 0.4) is 0 Å². The maximum atomic E-state index is 11.4. The van der Waals surface area contributed by atoms with Gasteiger partial charge in [0.2, 0.25) is 0 Å². The molecule has 0 aliphatic rings. The maximum Gasteiger partial charge on any atom is 0.268 e. The fraction of sp³-hybridized carbons (Fsp3) is 0.154. The average Bonchev–Trinajstić information content (AvgIpc) is 2.39. The van der Waals surface area contributed by atoms with E-state index >= 15 is 0 Å². The molecule has 0 amide bonds. The number of benzene rings is 1. The Kier molecular flexibility index (Phi) is 3.39. The summed E-state index contributed by atoms with van der Waals surface area (Å²) in [7, 11) is 1.60. The van der Waals surface area contributed by atoms with Gasteiger partial charge in [-0.05, 0) is 17.7 Å². The van der Waals surface area contributed by atoms with Crippen molar-refractivity contribution in [1.82, 2.24) is 9.97 Å². The van der Waals surface area contributed by atoms with Crippen LogP contribution in [-0.4, -0.2) is 17.1 Å². The lowest BCUT2D eigenvalue weighted by atomic mass is 10.1. The molecule has 0 radical (unpaired) electrons. The zero-order valence-corrected chi connectivity index (χ0v) is 9.80. The van der Waals surface area contributed by atoms with Gasteiger partial charge in [0.1, 0.15) is 23.2 Å². The van der Waals surface area contributed by atoms with Gasteiger partial charge in [0.05, 0.1) is 13.3 Å². The average molecular weight is 241 g/mol. The Morgan fingerprint density at radius 1 is 1.50 bits per heavy atom. The largest absolute Gasteiger partial charge is 0.497 e. The van der Waals surface area contributed by atoms with Crippen LogP contribution in [0.15, 0.2) is 35.3 Å². The third-order valence-electron chi connectivity index (χ3n) is 2.48. The van der Waals surface area contributed by atoms with Gasteiger partial charge in [0.15, 0.2) is 0 Å². The van der Waals surface area contributed by atoms with Gasteiger partial charge in [-0.1, -0.05) is 12.1 Å². The highest BCUT2D eigenvalue weighted by atomic mass is 16.5. The number of H-pyrrole nitrogens is 1. The molecule has 0 bridgehead atoms. The second kappa shape index (κ2) is 5.15. The molecule has 2 rings (SSSR count). The van der Waals surface area contributed by atoms with Crippen molar-refractivity contribution in [2.45, 2.75) is 6.42 Å². The number of nitrogens with zero attached hydrogens (tertiary/aromatic N) is 2. The Morgan fingerprint density at radius 3 is 3.00 bits per heavy atom. The highest BCUT2D eigenvalue weighted by molar-refractivity contribution is 5.30. The number of hydrogen-bond acceptors (Lipinski definition) is 4. The van der Waals surface area contributed by atoms with Gasteiger partial charge in [0.25, 0.3) is 5.56 Å². The molecule has 0 atom stereocenters. The summed E-state index contributed by atoms with van der Waals surface area (Å²) < 4.78 is 5.12. The quantitative estimate of drug-likeness (QED) is 0.876. The molecule has 0 fully saturated rings. The van der Waals surface area contributed by atoms with Crippen molar-refractivity contribution < 1.29 is 4.74 Å². The maximum absolute atomic E-state index is 11.4. The number of aromatic amines is 1. The van der Waals surface area contributed by atoms with E-state index in [0.717, 1.165) is 11.3 Å². The van der Waals surface area contributed by atoms with Crippen molar-refractivity contribution in [2.75, 3.05) is 7.11 Å². The summed E-state index contributed by atoms with van der Waals surface area (Å²) in [5.74, 6) is 1.27. The van der Waals surface area contributed by atoms with Crippen LogP contribution in [0, 0.1) is 11.3 Å². The second-order valence-electron chi connectivity index (χ2n) is 3.71. The molecule has 0 saturated carbocycles. The molecular formula is C13H11N3O2. The first-order valence-electron chi connectivity index (χ1n) is 5.34. The smallest absolute Gasteiger partial charge is 0.268 e. The molecule has 18 heavy (non-hydrogen) atoms. The highest BCUT2D eigenvalue weighted by Gasteiger charge is 2.03. The Morgan fingerprint density at radius 2 is 2.33 bits per heavy atom. The van der Waals surface area contributed by atoms with Gasteiger partial charge in [-0.25, -0.2) is 4.98 Å². The second-order valence-corrected chi connectivity index (χ2v) is 3.71. The van der Waals surface area contributed by atoms with Crippen molar-refractivity contribution in [2.24, 2.45) is 0 Å². The van der Waals surface area contributed by atoms with Crippen LogP contribution in [-0.2, 0) is 6.42 Å². The number of rotatable bonds is 3. The van der Waals surface area contributed by atoms with E-state index < -0.39 is 5.56 Å². The summed E-state index contributed by atoms with van der Waals surface area (Å²) in [5.41, 5.74) is 0.581. The van der Waals surface area contributed by atoms with Crippen molar-refractivity contribution in [3.8, 4) is 11.8 Å². The zero-order chi connectivity index (χ0) is 13.0. The number of ether oxygens (including phenoxy) is 1. The number of hydrogen-bond donors (Lipinski definition) is 1. The molecule has 0 aliphatic heterocycles. The van der Waals surface area contributed by atoms with E-state index in [-0.39, 0.29) is 5.56 Å². The third kappa shape index (κ3) is 2.55. The molecule has 90 valence electrons. The molecule has 0 saturated heterocycles. The van der Waals surface area contributed by atoms with Crippen LogP contribution < -0.4 is 10.3 Å². The number of nitriles is 1. The molecule has 2 aromatic rings. The minimum Gasteiger partial charge on any atom is -0.497 e. The fourth-order valence-corrected chi connectivity index (χ4v) is 1.58. The molecule has 0 aliphatic carbocycles. The van der Waals surface area contributed by atoms with Gasteiger partial charge >= 0.3 is 0 Å². The van der Waals surface area contributed by atoms with Crippen LogP contribution in [0.25, 0.3) is 0 Å². The molecule has 1 aromatic carbocycles. The Balaban J connectivity index is 2.26. The first-order valence-corrected chi connectivity index (χ1v) is 5.34. The monoisotopic (exact) mass is 241 g/mol. The van der Waals surface area contributed by atoms with Gasteiger partial charge < -0.3 is 9.72 Å². The summed E-state index contributed by atoms with van der Waals surface area (Å²) in [6, 6.07) is 9.29. The minimum absolute atomic E-state index is 0.0180.